The Labute approximate surface area is 87.7 Å². The van der Waals surface area contributed by atoms with Crippen molar-refractivity contribution in [2.75, 3.05) is 0 Å². The maximum atomic E-state index is 12.2. The van der Waals surface area contributed by atoms with Gasteiger partial charge in [-0.3, -0.25) is 9.59 Å². The van der Waals surface area contributed by atoms with Crippen molar-refractivity contribution in [3.05, 3.63) is 21.9 Å². The Balaban J connectivity index is 2.85. The summed E-state index contributed by atoms with van der Waals surface area (Å²) in [5.74, 6) is -0.926. The number of carbonyl (C=O) groups excluding carboxylic acids is 2. The van der Waals surface area contributed by atoms with Gasteiger partial charge in [-0.15, -0.1) is 11.3 Å². The smallest absolute Gasteiger partial charge is 0.300 e. The number of alkyl halides is 3. The molecule has 0 aliphatic heterocycles. The highest BCUT2D eigenvalue weighted by molar-refractivity contribution is 7.14. The molecule has 0 aromatic carbocycles. The summed E-state index contributed by atoms with van der Waals surface area (Å²) >= 11 is 0.363. The molecule has 1 heterocycles. The summed E-state index contributed by atoms with van der Waals surface area (Å²) in [6.07, 6.45) is -4.78. The highest BCUT2D eigenvalue weighted by Crippen LogP contribution is 2.34. The lowest BCUT2D eigenvalue weighted by Crippen LogP contribution is -2.03. The summed E-state index contributed by atoms with van der Waals surface area (Å²) in [7, 11) is 0. The van der Waals surface area contributed by atoms with Crippen molar-refractivity contribution in [1.82, 2.24) is 0 Å². The van der Waals surface area contributed by atoms with Crippen molar-refractivity contribution in [2.45, 2.75) is 19.5 Å². The zero-order chi connectivity index (χ0) is 11.6. The van der Waals surface area contributed by atoms with Crippen LogP contribution in [0.5, 0.6) is 0 Å². The van der Waals surface area contributed by atoms with Crippen LogP contribution in [-0.4, -0.2) is 11.6 Å². The zero-order valence-corrected chi connectivity index (χ0v) is 8.54. The molecule has 0 unspecified atom stereocenters. The van der Waals surface area contributed by atoms with Crippen LogP contribution in [0, 0.1) is 0 Å². The SMILES string of the molecule is CC(=O)CC(=O)c1ccc(C(F)(F)F)s1. The number of halogens is 3. The molecule has 0 saturated carbocycles. The molecular formula is C9H7F3O2S. The first-order chi connectivity index (χ1) is 6.80. The third kappa shape index (κ3) is 3.16. The Morgan fingerprint density at radius 2 is 1.93 bits per heavy atom. The maximum absolute atomic E-state index is 12.2. The van der Waals surface area contributed by atoms with E-state index in [0.717, 1.165) is 12.1 Å². The number of ketones is 2. The normalized spacial score (nSPS) is 11.5. The number of hydrogen-bond donors (Lipinski definition) is 0. The minimum absolute atomic E-state index is 0.0301. The summed E-state index contributed by atoms with van der Waals surface area (Å²) in [5.41, 5.74) is 0. The van der Waals surface area contributed by atoms with Gasteiger partial charge < -0.3 is 0 Å². The van der Waals surface area contributed by atoms with E-state index in [4.69, 9.17) is 0 Å². The number of Topliss-reactive ketones (excluding diaryl/α,β-unsaturated/α-hetero) is 2. The van der Waals surface area contributed by atoms with Gasteiger partial charge in [-0.25, -0.2) is 0 Å². The van der Waals surface area contributed by atoms with Gasteiger partial charge in [-0.2, -0.15) is 13.2 Å². The summed E-state index contributed by atoms with van der Waals surface area (Å²) in [6, 6.07) is 1.94. The van der Waals surface area contributed by atoms with Gasteiger partial charge in [0.05, 0.1) is 11.3 Å². The molecule has 82 valence electrons. The van der Waals surface area contributed by atoms with Crippen molar-refractivity contribution in [3.8, 4) is 0 Å². The van der Waals surface area contributed by atoms with Crippen molar-refractivity contribution in [2.24, 2.45) is 0 Å². The Morgan fingerprint density at radius 3 is 2.33 bits per heavy atom. The van der Waals surface area contributed by atoms with Crippen molar-refractivity contribution >= 4 is 22.9 Å². The van der Waals surface area contributed by atoms with Gasteiger partial charge in [0.15, 0.2) is 5.78 Å². The average molecular weight is 236 g/mol. The molecule has 0 bridgehead atoms. The molecule has 15 heavy (non-hydrogen) atoms. The molecule has 0 atom stereocenters. The van der Waals surface area contributed by atoms with Crippen LogP contribution in [-0.2, 0) is 11.0 Å². The molecule has 0 fully saturated rings. The molecule has 0 amide bonds. The van der Waals surface area contributed by atoms with E-state index in [9.17, 15) is 22.8 Å². The fourth-order valence-electron chi connectivity index (χ4n) is 0.953. The predicted octanol–water partition coefficient (Wildman–Crippen LogP) is 2.93. The van der Waals surface area contributed by atoms with E-state index < -0.39 is 16.8 Å². The van der Waals surface area contributed by atoms with Crippen LogP contribution in [0.4, 0.5) is 13.2 Å². The van der Waals surface area contributed by atoms with Crippen LogP contribution in [0.1, 0.15) is 27.9 Å². The lowest BCUT2D eigenvalue weighted by atomic mass is 10.2. The average Bonchev–Trinajstić information content (AvgIpc) is 2.48. The van der Waals surface area contributed by atoms with Gasteiger partial charge in [-0.1, -0.05) is 0 Å². The molecule has 0 aliphatic rings. The van der Waals surface area contributed by atoms with Gasteiger partial charge in [0.25, 0.3) is 0 Å². The molecule has 6 heteroatoms. The van der Waals surface area contributed by atoms with Crippen LogP contribution in [0.2, 0.25) is 0 Å². The highest BCUT2D eigenvalue weighted by Gasteiger charge is 2.33. The van der Waals surface area contributed by atoms with Gasteiger partial charge in [0.2, 0.25) is 0 Å². The van der Waals surface area contributed by atoms with E-state index in [0.29, 0.717) is 11.3 Å². The minimum atomic E-state index is -4.43. The first-order valence-electron chi connectivity index (χ1n) is 4.00. The first kappa shape index (κ1) is 11.9. The van der Waals surface area contributed by atoms with Crippen LogP contribution in [0.25, 0.3) is 0 Å². The van der Waals surface area contributed by atoms with Gasteiger partial charge in [-0.05, 0) is 19.1 Å². The lowest BCUT2D eigenvalue weighted by Gasteiger charge is -2.00. The van der Waals surface area contributed by atoms with Gasteiger partial charge in [0.1, 0.15) is 10.7 Å². The van der Waals surface area contributed by atoms with Crippen LogP contribution in [0.3, 0.4) is 0 Å². The van der Waals surface area contributed by atoms with E-state index >= 15 is 0 Å². The molecule has 0 aliphatic carbocycles. The molecule has 0 N–H and O–H groups in total. The maximum Gasteiger partial charge on any atom is 0.425 e. The molecule has 1 rings (SSSR count). The molecule has 1 aromatic rings. The minimum Gasteiger partial charge on any atom is -0.300 e. The Morgan fingerprint density at radius 1 is 1.33 bits per heavy atom. The van der Waals surface area contributed by atoms with E-state index in [1.54, 1.807) is 0 Å². The van der Waals surface area contributed by atoms with Crippen molar-refractivity contribution in [1.29, 1.82) is 0 Å². The Hall–Kier alpha value is -1.17. The summed E-state index contributed by atoms with van der Waals surface area (Å²) < 4.78 is 36.5. The Kier molecular flexibility index (Phi) is 3.28. The summed E-state index contributed by atoms with van der Waals surface area (Å²) in [4.78, 5) is 21.0. The summed E-state index contributed by atoms with van der Waals surface area (Å²) in [5, 5.41) is 0. The van der Waals surface area contributed by atoms with E-state index in [1.165, 1.54) is 6.92 Å². The summed E-state index contributed by atoms with van der Waals surface area (Å²) in [6.45, 7) is 1.22. The largest absolute Gasteiger partial charge is 0.425 e. The van der Waals surface area contributed by atoms with Crippen molar-refractivity contribution < 1.29 is 22.8 Å². The second-order valence-electron chi connectivity index (χ2n) is 2.96. The predicted molar refractivity (Wildman–Crippen MR) is 48.9 cm³/mol. The number of thiophene rings is 1. The monoisotopic (exact) mass is 236 g/mol. The third-order valence-electron chi connectivity index (χ3n) is 1.57. The highest BCUT2D eigenvalue weighted by atomic mass is 32.1. The second kappa shape index (κ2) is 4.14. The number of carbonyl (C=O) groups is 2. The van der Waals surface area contributed by atoms with Crippen molar-refractivity contribution in [3.63, 3.8) is 0 Å². The van der Waals surface area contributed by atoms with Crippen LogP contribution in [0.15, 0.2) is 12.1 Å². The molecular weight excluding hydrogens is 229 g/mol. The molecule has 0 saturated heterocycles. The second-order valence-corrected chi connectivity index (χ2v) is 4.05. The molecule has 0 spiro atoms. The third-order valence-corrected chi connectivity index (χ3v) is 2.74. The number of hydrogen-bond acceptors (Lipinski definition) is 3. The van der Waals surface area contributed by atoms with Crippen LogP contribution >= 0.6 is 11.3 Å². The lowest BCUT2D eigenvalue weighted by molar-refractivity contribution is -0.134. The van der Waals surface area contributed by atoms with E-state index in [-0.39, 0.29) is 17.1 Å². The Bertz CT molecular complexity index is 392. The molecule has 1 aromatic heterocycles. The standard InChI is InChI=1S/C9H7F3O2S/c1-5(13)4-6(14)7-2-3-8(15-7)9(10,11)12/h2-3H,4H2,1H3. The van der Waals surface area contributed by atoms with E-state index in [2.05, 4.69) is 0 Å². The number of rotatable bonds is 3. The quantitative estimate of drug-likeness (QED) is 0.597. The topological polar surface area (TPSA) is 34.1 Å². The molecule has 0 radical (unpaired) electrons. The molecule has 2 nitrogen and oxygen atoms in total. The first-order valence-corrected chi connectivity index (χ1v) is 4.82. The van der Waals surface area contributed by atoms with Gasteiger partial charge in [0, 0.05) is 0 Å². The van der Waals surface area contributed by atoms with E-state index in [1.807, 2.05) is 0 Å². The fourth-order valence-corrected chi connectivity index (χ4v) is 1.76. The van der Waals surface area contributed by atoms with Crippen LogP contribution < -0.4 is 0 Å². The fraction of sp³-hybridized carbons (Fsp3) is 0.333. The zero-order valence-electron chi connectivity index (χ0n) is 7.72. The van der Waals surface area contributed by atoms with Gasteiger partial charge >= 0.3 is 6.18 Å².